The summed E-state index contributed by atoms with van der Waals surface area (Å²) in [5, 5.41) is 0. The summed E-state index contributed by atoms with van der Waals surface area (Å²) in [5.74, 6) is -0.934. The van der Waals surface area contributed by atoms with Crippen molar-refractivity contribution < 1.29 is 28.6 Å². The molecule has 0 amide bonds. The predicted molar refractivity (Wildman–Crippen MR) is 330 cm³/mol. The number of hydrogen-bond acceptors (Lipinski definition) is 6. The lowest BCUT2D eigenvalue weighted by molar-refractivity contribution is -0.167. The summed E-state index contributed by atoms with van der Waals surface area (Å²) in [5.41, 5.74) is 0. The summed E-state index contributed by atoms with van der Waals surface area (Å²) in [7, 11) is 0. The molecule has 0 aliphatic heterocycles. The van der Waals surface area contributed by atoms with Gasteiger partial charge >= 0.3 is 17.9 Å². The van der Waals surface area contributed by atoms with Gasteiger partial charge < -0.3 is 14.2 Å². The lowest BCUT2D eigenvalue weighted by Gasteiger charge is -2.18. The van der Waals surface area contributed by atoms with Gasteiger partial charge in [0.2, 0.25) is 0 Å². The van der Waals surface area contributed by atoms with Crippen LogP contribution in [0.4, 0.5) is 0 Å². The molecule has 76 heavy (non-hydrogen) atoms. The number of rotatable bonds is 58. The highest BCUT2D eigenvalue weighted by molar-refractivity contribution is 5.71. The average Bonchev–Trinajstić information content (AvgIpc) is 3.42. The lowest BCUT2D eigenvalue weighted by atomic mass is 10.1. The number of esters is 3. The zero-order chi connectivity index (χ0) is 55.0. The molecule has 436 valence electrons. The molecule has 0 fully saturated rings. The van der Waals surface area contributed by atoms with Gasteiger partial charge in [-0.25, -0.2) is 0 Å². The molecule has 0 aromatic carbocycles. The standard InChI is InChI=1S/C70H120O6/c1-4-7-10-13-16-19-22-25-28-31-34-35-37-39-42-45-48-51-54-57-60-63-69(72)75-66-67(65-74-68(71)62-59-56-53-50-47-44-41-38-33-30-27-24-21-18-15-12-9-6-3)76-70(73)64-61-58-55-52-49-46-43-40-36-32-29-26-23-20-17-14-11-8-5-2/h7,10,16,19,25-26,28-30,33-35,39,42,48,51,67H,4-6,8-9,11-15,17-18,20-24,27,31-32,36-38,40-41,43-47,49-50,52-66H2,1-3H3/b10-7-,19-16-,28-25-,29-26-,33-30-,35-34-,42-39-,51-48-. The van der Waals surface area contributed by atoms with Crippen molar-refractivity contribution in [1.82, 2.24) is 0 Å². The van der Waals surface area contributed by atoms with Crippen LogP contribution >= 0.6 is 0 Å². The van der Waals surface area contributed by atoms with Crippen LogP contribution in [0.25, 0.3) is 0 Å². The molecule has 6 nitrogen and oxygen atoms in total. The van der Waals surface area contributed by atoms with Crippen LogP contribution in [0.2, 0.25) is 0 Å². The minimum atomic E-state index is -0.801. The maximum absolute atomic E-state index is 12.9. The topological polar surface area (TPSA) is 78.9 Å². The number of carbonyl (C=O) groups excluding carboxylic acids is 3. The molecule has 0 aromatic rings. The second-order valence-corrected chi connectivity index (χ2v) is 21.3. The van der Waals surface area contributed by atoms with Crippen molar-refractivity contribution in [2.24, 2.45) is 0 Å². The van der Waals surface area contributed by atoms with Gasteiger partial charge in [0.25, 0.3) is 0 Å². The quantitative estimate of drug-likeness (QED) is 0.0261. The Balaban J connectivity index is 4.46. The van der Waals surface area contributed by atoms with Crippen LogP contribution in [0.15, 0.2) is 97.2 Å². The average molecular weight is 1060 g/mol. The Kier molecular flexibility index (Phi) is 60.8. The van der Waals surface area contributed by atoms with Gasteiger partial charge in [0, 0.05) is 19.3 Å². The zero-order valence-corrected chi connectivity index (χ0v) is 50.0. The van der Waals surface area contributed by atoms with E-state index < -0.39 is 6.10 Å². The zero-order valence-electron chi connectivity index (χ0n) is 50.0. The van der Waals surface area contributed by atoms with E-state index in [4.69, 9.17) is 14.2 Å². The van der Waals surface area contributed by atoms with Gasteiger partial charge in [0.1, 0.15) is 13.2 Å². The van der Waals surface area contributed by atoms with Crippen LogP contribution in [-0.2, 0) is 28.6 Å². The van der Waals surface area contributed by atoms with E-state index in [2.05, 4.69) is 118 Å². The molecule has 0 rings (SSSR count). The van der Waals surface area contributed by atoms with Crippen molar-refractivity contribution in [1.29, 1.82) is 0 Å². The van der Waals surface area contributed by atoms with E-state index in [1.165, 1.54) is 173 Å². The molecular weight excluding hydrogens is 937 g/mol. The number of carbonyl (C=O) groups is 3. The first kappa shape index (κ1) is 72.3. The number of ether oxygens (including phenoxy) is 3. The Hall–Kier alpha value is -3.67. The largest absolute Gasteiger partial charge is 0.462 e. The monoisotopic (exact) mass is 1060 g/mol. The third kappa shape index (κ3) is 61.2. The second kappa shape index (κ2) is 63.9. The van der Waals surface area contributed by atoms with Crippen LogP contribution < -0.4 is 0 Å². The Morgan fingerprint density at radius 1 is 0.276 bits per heavy atom. The second-order valence-electron chi connectivity index (χ2n) is 21.3. The van der Waals surface area contributed by atoms with Gasteiger partial charge in [-0.3, -0.25) is 14.4 Å². The molecule has 0 heterocycles. The summed E-state index contributed by atoms with van der Waals surface area (Å²) >= 11 is 0. The molecule has 0 aromatic heterocycles. The van der Waals surface area contributed by atoms with Crippen molar-refractivity contribution in [3.8, 4) is 0 Å². The third-order valence-corrected chi connectivity index (χ3v) is 13.8. The molecule has 6 heteroatoms. The summed E-state index contributed by atoms with van der Waals surface area (Å²) in [6.07, 6.45) is 85.5. The highest BCUT2D eigenvalue weighted by Gasteiger charge is 2.19. The van der Waals surface area contributed by atoms with Gasteiger partial charge in [0.05, 0.1) is 0 Å². The van der Waals surface area contributed by atoms with E-state index in [9.17, 15) is 14.4 Å². The molecule has 1 unspecified atom stereocenters. The van der Waals surface area contributed by atoms with Crippen molar-refractivity contribution >= 4 is 17.9 Å². The van der Waals surface area contributed by atoms with Crippen molar-refractivity contribution in [2.45, 2.75) is 316 Å². The van der Waals surface area contributed by atoms with Gasteiger partial charge in [-0.05, 0) is 122 Å². The molecule has 1 atom stereocenters. The van der Waals surface area contributed by atoms with E-state index in [0.29, 0.717) is 19.3 Å². The fraction of sp³-hybridized carbons (Fsp3) is 0.729. The molecule has 0 saturated heterocycles. The van der Waals surface area contributed by atoms with Crippen LogP contribution in [0.3, 0.4) is 0 Å². The first-order chi connectivity index (χ1) is 37.5. The lowest BCUT2D eigenvalue weighted by Crippen LogP contribution is -2.30. The molecule has 0 bridgehead atoms. The van der Waals surface area contributed by atoms with E-state index in [-0.39, 0.29) is 31.1 Å². The molecular formula is C70H120O6. The molecule has 0 saturated carbocycles. The molecule has 0 aliphatic carbocycles. The summed E-state index contributed by atoms with van der Waals surface area (Å²) in [6.45, 7) is 6.51. The SMILES string of the molecule is CC/C=C\C/C=C\C/C=C\C/C=C\C/C=C\C/C=C\CCCCC(=O)OCC(COC(=O)CCCCCCCCC/C=C\CCCCCCCCC)OC(=O)CCCCCCCCCCC/C=C\CCCCCCCC. The first-order valence-electron chi connectivity index (χ1n) is 32.2. The Morgan fingerprint density at radius 2 is 0.513 bits per heavy atom. The van der Waals surface area contributed by atoms with E-state index >= 15 is 0 Å². The van der Waals surface area contributed by atoms with Gasteiger partial charge in [0.15, 0.2) is 6.10 Å². The number of hydrogen-bond donors (Lipinski definition) is 0. The smallest absolute Gasteiger partial charge is 0.306 e. The predicted octanol–water partition coefficient (Wildman–Crippen LogP) is 22.0. The third-order valence-electron chi connectivity index (χ3n) is 13.8. The Morgan fingerprint density at radius 3 is 0.842 bits per heavy atom. The van der Waals surface area contributed by atoms with Crippen molar-refractivity contribution in [2.75, 3.05) is 13.2 Å². The van der Waals surface area contributed by atoms with Crippen molar-refractivity contribution in [3.05, 3.63) is 97.2 Å². The fourth-order valence-electron chi connectivity index (χ4n) is 8.97. The fourth-order valence-corrected chi connectivity index (χ4v) is 8.97. The van der Waals surface area contributed by atoms with Gasteiger partial charge in [-0.1, -0.05) is 266 Å². The highest BCUT2D eigenvalue weighted by Crippen LogP contribution is 2.16. The van der Waals surface area contributed by atoms with Crippen LogP contribution in [-0.4, -0.2) is 37.2 Å². The van der Waals surface area contributed by atoms with Gasteiger partial charge in [-0.2, -0.15) is 0 Å². The van der Waals surface area contributed by atoms with Crippen LogP contribution in [0.5, 0.6) is 0 Å². The maximum atomic E-state index is 12.9. The van der Waals surface area contributed by atoms with Crippen molar-refractivity contribution in [3.63, 3.8) is 0 Å². The summed E-state index contributed by atoms with van der Waals surface area (Å²) in [6, 6.07) is 0. The van der Waals surface area contributed by atoms with E-state index in [1.54, 1.807) is 0 Å². The Bertz CT molecular complexity index is 1490. The number of allylic oxidation sites excluding steroid dienone is 16. The minimum absolute atomic E-state index is 0.0937. The minimum Gasteiger partial charge on any atom is -0.462 e. The molecule has 0 radical (unpaired) electrons. The molecule has 0 N–H and O–H groups in total. The Labute approximate surface area is 470 Å². The summed E-state index contributed by atoms with van der Waals surface area (Å²) in [4.78, 5) is 38.3. The molecule has 0 aliphatic rings. The van der Waals surface area contributed by atoms with E-state index in [1.807, 2.05) is 0 Å². The van der Waals surface area contributed by atoms with Gasteiger partial charge in [-0.15, -0.1) is 0 Å². The maximum Gasteiger partial charge on any atom is 0.306 e. The first-order valence-corrected chi connectivity index (χ1v) is 32.2. The van der Waals surface area contributed by atoms with Crippen LogP contribution in [0.1, 0.15) is 310 Å². The summed E-state index contributed by atoms with van der Waals surface area (Å²) < 4.78 is 16.9. The normalized spacial score (nSPS) is 12.7. The van der Waals surface area contributed by atoms with E-state index in [0.717, 1.165) is 96.3 Å². The molecule has 0 spiro atoms. The number of unbranched alkanes of at least 4 members (excludes halogenated alkanes) is 31. The highest BCUT2D eigenvalue weighted by atomic mass is 16.6. The van der Waals surface area contributed by atoms with Crippen LogP contribution in [0, 0.1) is 0 Å².